The molecular weight excluding hydrogens is 194 g/mol. The molecule has 1 unspecified atom stereocenters. The van der Waals surface area contributed by atoms with Gasteiger partial charge in [-0.05, 0) is 19.4 Å². The molecule has 0 radical (unpaired) electrons. The number of aryl methyl sites for hydroxylation is 1. The van der Waals surface area contributed by atoms with Crippen LogP contribution in [0.4, 0.5) is 5.95 Å². The molecule has 0 aromatic carbocycles. The first-order valence-electron chi connectivity index (χ1n) is 4.81. The highest BCUT2D eigenvalue weighted by Crippen LogP contribution is 2.11. The number of aliphatic carboxylic acids is 1. The third kappa shape index (κ3) is 2.65. The van der Waals surface area contributed by atoms with Gasteiger partial charge < -0.3 is 10.0 Å². The molecule has 1 aromatic rings. The second kappa shape index (κ2) is 4.72. The zero-order valence-electron chi connectivity index (χ0n) is 9.14. The van der Waals surface area contributed by atoms with E-state index in [1.54, 1.807) is 24.2 Å². The number of carbonyl (C=O) groups is 1. The minimum atomic E-state index is -0.856. The highest BCUT2D eigenvalue weighted by atomic mass is 16.4. The van der Waals surface area contributed by atoms with Gasteiger partial charge in [-0.1, -0.05) is 6.92 Å². The number of anilines is 1. The Morgan fingerprint density at radius 3 is 2.80 bits per heavy atom. The normalized spacial score (nSPS) is 12.2. The molecule has 0 aliphatic rings. The molecule has 0 fully saturated rings. The van der Waals surface area contributed by atoms with E-state index in [0.717, 1.165) is 5.69 Å². The molecule has 0 saturated heterocycles. The Labute approximate surface area is 88.8 Å². The second-order valence-corrected chi connectivity index (χ2v) is 3.37. The molecule has 1 N–H and O–H groups in total. The SMILES string of the molecule is CCC(C(=O)O)N(C)c1nccc(C)n1. The lowest BCUT2D eigenvalue weighted by Gasteiger charge is -2.23. The fraction of sp³-hybridized carbons (Fsp3) is 0.500. The van der Waals surface area contributed by atoms with Crippen LogP contribution in [0.1, 0.15) is 19.0 Å². The summed E-state index contributed by atoms with van der Waals surface area (Å²) in [6, 6.07) is 1.20. The summed E-state index contributed by atoms with van der Waals surface area (Å²) in [5.74, 6) is -0.408. The van der Waals surface area contributed by atoms with Crippen molar-refractivity contribution in [2.45, 2.75) is 26.3 Å². The lowest BCUT2D eigenvalue weighted by Crippen LogP contribution is -2.39. The minimum Gasteiger partial charge on any atom is -0.480 e. The molecule has 0 saturated carbocycles. The van der Waals surface area contributed by atoms with E-state index in [1.807, 2.05) is 13.8 Å². The Morgan fingerprint density at radius 2 is 2.33 bits per heavy atom. The first-order valence-corrected chi connectivity index (χ1v) is 4.81. The maximum atomic E-state index is 10.9. The lowest BCUT2D eigenvalue weighted by atomic mass is 10.2. The van der Waals surface area contributed by atoms with Gasteiger partial charge in [0.05, 0.1) is 0 Å². The van der Waals surface area contributed by atoms with E-state index >= 15 is 0 Å². The Balaban J connectivity index is 2.92. The van der Waals surface area contributed by atoms with Crippen molar-refractivity contribution >= 4 is 11.9 Å². The molecule has 1 aromatic heterocycles. The number of rotatable bonds is 4. The van der Waals surface area contributed by atoms with Crippen LogP contribution < -0.4 is 4.90 Å². The monoisotopic (exact) mass is 209 g/mol. The molecule has 5 heteroatoms. The van der Waals surface area contributed by atoms with Crippen molar-refractivity contribution in [3.8, 4) is 0 Å². The number of hydrogen-bond acceptors (Lipinski definition) is 4. The standard InChI is InChI=1S/C10H15N3O2/c1-4-8(9(14)15)13(3)10-11-6-5-7(2)12-10/h5-6,8H,4H2,1-3H3,(H,14,15). The van der Waals surface area contributed by atoms with Crippen LogP contribution in [0.25, 0.3) is 0 Å². The van der Waals surface area contributed by atoms with Crippen LogP contribution in [0.5, 0.6) is 0 Å². The van der Waals surface area contributed by atoms with Crippen molar-refractivity contribution in [3.05, 3.63) is 18.0 Å². The van der Waals surface area contributed by atoms with Gasteiger partial charge in [0.25, 0.3) is 0 Å². The van der Waals surface area contributed by atoms with Crippen LogP contribution in [-0.4, -0.2) is 34.1 Å². The highest BCUT2D eigenvalue weighted by Gasteiger charge is 2.22. The van der Waals surface area contributed by atoms with Crippen molar-refractivity contribution in [2.24, 2.45) is 0 Å². The van der Waals surface area contributed by atoms with Crippen LogP contribution in [0.15, 0.2) is 12.3 Å². The smallest absolute Gasteiger partial charge is 0.326 e. The fourth-order valence-electron chi connectivity index (χ4n) is 1.36. The molecule has 0 aliphatic carbocycles. The van der Waals surface area contributed by atoms with Crippen molar-refractivity contribution in [2.75, 3.05) is 11.9 Å². The van der Waals surface area contributed by atoms with Gasteiger partial charge in [0, 0.05) is 18.9 Å². The van der Waals surface area contributed by atoms with Crippen LogP contribution in [0.3, 0.4) is 0 Å². The summed E-state index contributed by atoms with van der Waals surface area (Å²) in [6.45, 7) is 3.67. The lowest BCUT2D eigenvalue weighted by molar-refractivity contribution is -0.138. The van der Waals surface area contributed by atoms with Gasteiger partial charge in [0.2, 0.25) is 5.95 Å². The maximum Gasteiger partial charge on any atom is 0.326 e. The Hall–Kier alpha value is -1.65. The number of likely N-dealkylation sites (N-methyl/N-ethyl adjacent to an activating group) is 1. The van der Waals surface area contributed by atoms with Gasteiger partial charge in [-0.15, -0.1) is 0 Å². The van der Waals surface area contributed by atoms with Crippen LogP contribution in [0.2, 0.25) is 0 Å². The summed E-state index contributed by atoms with van der Waals surface area (Å²) in [4.78, 5) is 20.7. The van der Waals surface area contributed by atoms with Crippen molar-refractivity contribution in [1.82, 2.24) is 9.97 Å². The van der Waals surface area contributed by atoms with Crippen molar-refractivity contribution in [3.63, 3.8) is 0 Å². The van der Waals surface area contributed by atoms with E-state index in [0.29, 0.717) is 12.4 Å². The van der Waals surface area contributed by atoms with Crippen LogP contribution >= 0.6 is 0 Å². The number of nitrogens with zero attached hydrogens (tertiary/aromatic N) is 3. The van der Waals surface area contributed by atoms with Gasteiger partial charge in [-0.25, -0.2) is 14.8 Å². The third-order valence-electron chi connectivity index (χ3n) is 2.24. The summed E-state index contributed by atoms with van der Waals surface area (Å²) >= 11 is 0. The highest BCUT2D eigenvalue weighted by molar-refractivity contribution is 5.77. The molecular formula is C10H15N3O2. The Bertz CT molecular complexity index is 354. The van der Waals surface area contributed by atoms with Gasteiger partial charge in [-0.2, -0.15) is 0 Å². The first-order chi connectivity index (χ1) is 7.06. The molecule has 1 heterocycles. The first kappa shape index (κ1) is 11.4. The van der Waals surface area contributed by atoms with Crippen LogP contribution in [-0.2, 0) is 4.79 Å². The molecule has 82 valence electrons. The van der Waals surface area contributed by atoms with E-state index in [4.69, 9.17) is 5.11 Å². The topological polar surface area (TPSA) is 66.3 Å². The summed E-state index contributed by atoms with van der Waals surface area (Å²) in [7, 11) is 1.69. The number of hydrogen-bond donors (Lipinski definition) is 1. The average Bonchev–Trinajstić information content (AvgIpc) is 2.18. The summed E-state index contributed by atoms with van der Waals surface area (Å²) < 4.78 is 0. The van der Waals surface area contributed by atoms with E-state index in [2.05, 4.69) is 9.97 Å². The van der Waals surface area contributed by atoms with E-state index in [9.17, 15) is 4.79 Å². The van der Waals surface area contributed by atoms with Gasteiger partial charge in [0.1, 0.15) is 6.04 Å². The van der Waals surface area contributed by atoms with Gasteiger partial charge in [-0.3, -0.25) is 0 Å². The zero-order valence-corrected chi connectivity index (χ0v) is 9.14. The molecule has 5 nitrogen and oxygen atoms in total. The van der Waals surface area contributed by atoms with E-state index < -0.39 is 12.0 Å². The average molecular weight is 209 g/mol. The predicted molar refractivity (Wildman–Crippen MR) is 56.9 cm³/mol. The van der Waals surface area contributed by atoms with Gasteiger partial charge in [0.15, 0.2) is 0 Å². The van der Waals surface area contributed by atoms with E-state index in [1.165, 1.54) is 0 Å². The predicted octanol–water partition coefficient (Wildman–Crippen LogP) is 1.08. The quantitative estimate of drug-likeness (QED) is 0.803. The maximum absolute atomic E-state index is 10.9. The Kier molecular flexibility index (Phi) is 3.60. The number of carboxylic acids is 1. The molecule has 0 amide bonds. The van der Waals surface area contributed by atoms with Crippen LogP contribution in [0, 0.1) is 6.92 Å². The Morgan fingerprint density at radius 1 is 1.67 bits per heavy atom. The molecule has 1 atom stereocenters. The number of aromatic nitrogens is 2. The molecule has 0 bridgehead atoms. The third-order valence-corrected chi connectivity index (χ3v) is 2.24. The number of carboxylic acid groups (broad SMARTS) is 1. The molecule has 0 aliphatic heterocycles. The zero-order chi connectivity index (χ0) is 11.4. The largest absolute Gasteiger partial charge is 0.480 e. The molecule has 15 heavy (non-hydrogen) atoms. The summed E-state index contributed by atoms with van der Waals surface area (Å²) in [5, 5.41) is 8.98. The van der Waals surface area contributed by atoms with Crippen molar-refractivity contribution < 1.29 is 9.90 Å². The van der Waals surface area contributed by atoms with Gasteiger partial charge >= 0.3 is 5.97 Å². The summed E-state index contributed by atoms with van der Waals surface area (Å²) in [5.41, 5.74) is 0.826. The van der Waals surface area contributed by atoms with Crippen molar-refractivity contribution in [1.29, 1.82) is 0 Å². The van der Waals surface area contributed by atoms with E-state index in [-0.39, 0.29) is 0 Å². The summed E-state index contributed by atoms with van der Waals surface area (Å²) in [6.07, 6.45) is 2.14. The minimum absolute atomic E-state index is 0.448. The molecule has 0 spiro atoms. The second-order valence-electron chi connectivity index (χ2n) is 3.37. The molecule has 1 rings (SSSR count). The fourth-order valence-corrected chi connectivity index (χ4v) is 1.36.